The van der Waals surface area contributed by atoms with Crippen molar-refractivity contribution >= 4 is 28.3 Å². The van der Waals surface area contributed by atoms with E-state index in [2.05, 4.69) is 27.2 Å². The van der Waals surface area contributed by atoms with Crippen LogP contribution in [0.5, 0.6) is 0 Å². The number of aromatic nitrogens is 3. The van der Waals surface area contributed by atoms with Gasteiger partial charge in [-0.1, -0.05) is 0 Å². The molecule has 2 aliphatic heterocycles. The van der Waals surface area contributed by atoms with Gasteiger partial charge in [0.25, 0.3) is 5.91 Å². The minimum absolute atomic E-state index is 0.0716. The van der Waals surface area contributed by atoms with Gasteiger partial charge < -0.3 is 10.1 Å². The van der Waals surface area contributed by atoms with Crippen LogP contribution in [0, 0.1) is 5.82 Å². The largest absolute Gasteiger partial charge is 0.378 e. The molecule has 3 atom stereocenters. The third kappa shape index (κ3) is 2.99. The lowest BCUT2D eigenvalue weighted by Crippen LogP contribution is -2.59. The predicted molar refractivity (Wildman–Crippen MR) is 103 cm³/mol. The van der Waals surface area contributed by atoms with E-state index in [0.717, 1.165) is 19.0 Å². The van der Waals surface area contributed by atoms with Crippen LogP contribution in [0.2, 0.25) is 0 Å². The molecule has 2 saturated heterocycles. The van der Waals surface area contributed by atoms with Gasteiger partial charge in [0.05, 0.1) is 25.0 Å². The van der Waals surface area contributed by atoms with Crippen molar-refractivity contribution in [2.45, 2.75) is 31.0 Å². The smallest absolute Gasteiger partial charge is 0.253 e. The lowest BCUT2D eigenvalue weighted by atomic mass is 9.90. The van der Waals surface area contributed by atoms with Gasteiger partial charge in [-0.05, 0) is 26.0 Å². The van der Waals surface area contributed by atoms with Crippen LogP contribution in [-0.2, 0) is 4.74 Å². The van der Waals surface area contributed by atoms with Gasteiger partial charge in [0, 0.05) is 41.3 Å². The standard InChI is InChI=1S/C19H20FN5O2S/c1-24-13-5-12(6-14(24)10-27-9-13)23-18(26)16-8-25(19-21-2-3-28-19)17-15(16)4-11(20)7-22-17/h2-4,7-8,12-14H,5-6,9-10H2,1H3,(H,23,26)/t12-,13-,14+. The quantitative estimate of drug-likeness (QED) is 0.729. The SMILES string of the molecule is CN1[C@@H]2COC[C@H]1C[C@@H](NC(=O)c1cn(-c3nccs3)c3ncc(F)cc13)C2. The number of piperidine rings is 1. The number of carbonyl (C=O) groups is 1. The van der Waals surface area contributed by atoms with Crippen LogP contribution in [0.3, 0.4) is 0 Å². The van der Waals surface area contributed by atoms with Crippen LogP contribution in [0.4, 0.5) is 4.39 Å². The van der Waals surface area contributed by atoms with E-state index in [1.807, 2.05) is 5.38 Å². The van der Waals surface area contributed by atoms with Crippen molar-refractivity contribution in [1.29, 1.82) is 0 Å². The zero-order valence-corrected chi connectivity index (χ0v) is 16.2. The van der Waals surface area contributed by atoms with E-state index in [1.165, 1.54) is 17.4 Å². The number of morpholine rings is 1. The van der Waals surface area contributed by atoms with Gasteiger partial charge >= 0.3 is 0 Å². The van der Waals surface area contributed by atoms with Crippen molar-refractivity contribution < 1.29 is 13.9 Å². The molecule has 0 aromatic carbocycles. The maximum atomic E-state index is 13.9. The number of nitrogens with one attached hydrogen (secondary N) is 1. The molecule has 1 N–H and O–H groups in total. The van der Waals surface area contributed by atoms with Gasteiger partial charge in [0.2, 0.25) is 0 Å². The van der Waals surface area contributed by atoms with E-state index >= 15 is 0 Å². The number of amides is 1. The fourth-order valence-corrected chi connectivity index (χ4v) is 4.84. The number of pyridine rings is 1. The van der Waals surface area contributed by atoms with Crippen molar-refractivity contribution in [3.8, 4) is 5.13 Å². The van der Waals surface area contributed by atoms with Gasteiger partial charge in [-0.25, -0.2) is 14.4 Å². The number of hydrogen-bond donors (Lipinski definition) is 1. The maximum absolute atomic E-state index is 13.9. The lowest BCUT2D eigenvalue weighted by Gasteiger charge is -2.46. The van der Waals surface area contributed by atoms with Crippen LogP contribution >= 0.6 is 11.3 Å². The highest BCUT2D eigenvalue weighted by atomic mass is 32.1. The highest BCUT2D eigenvalue weighted by Crippen LogP contribution is 2.28. The minimum atomic E-state index is -0.468. The first kappa shape index (κ1) is 17.7. The number of nitrogens with zero attached hydrogens (tertiary/aromatic N) is 4. The van der Waals surface area contributed by atoms with Crippen molar-refractivity contribution in [3.05, 3.63) is 41.4 Å². The Hall–Kier alpha value is -2.36. The Balaban J connectivity index is 1.46. The molecule has 1 amide bonds. The number of likely N-dealkylation sites (N-methyl/N-ethyl adjacent to an activating group) is 1. The summed E-state index contributed by atoms with van der Waals surface area (Å²) in [5.74, 6) is -0.675. The molecule has 5 heterocycles. The molecule has 7 nitrogen and oxygen atoms in total. The fourth-order valence-electron chi connectivity index (χ4n) is 4.22. The monoisotopic (exact) mass is 401 g/mol. The molecule has 0 radical (unpaired) electrons. The van der Waals surface area contributed by atoms with Gasteiger partial charge in [0.15, 0.2) is 5.13 Å². The molecule has 0 unspecified atom stereocenters. The Bertz CT molecular complexity index is 1010. The average Bonchev–Trinajstić information content (AvgIpc) is 3.29. The van der Waals surface area contributed by atoms with Crippen LogP contribution in [0.25, 0.3) is 16.2 Å². The maximum Gasteiger partial charge on any atom is 0.253 e. The third-order valence-electron chi connectivity index (χ3n) is 5.70. The first-order valence-electron chi connectivity index (χ1n) is 9.27. The van der Waals surface area contributed by atoms with Gasteiger partial charge in [0.1, 0.15) is 11.5 Å². The molecular weight excluding hydrogens is 381 g/mol. The van der Waals surface area contributed by atoms with Gasteiger partial charge in [-0.2, -0.15) is 0 Å². The zero-order valence-electron chi connectivity index (χ0n) is 15.3. The summed E-state index contributed by atoms with van der Waals surface area (Å²) >= 11 is 1.43. The van der Waals surface area contributed by atoms with E-state index in [4.69, 9.17) is 4.74 Å². The lowest BCUT2D eigenvalue weighted by molar-refractivity contribution is -0.0670. The Labute approximate surface area is 165 Å². The van der Waals surface area contributed by atoms with E-state index in [-0.39, 0.29) is 11.9 Å². The Kier molecular flexibility index (Phi) is 4.37. The summed E-state index contributed by atoms with van der Waals surface area (Å²) in [5.41, 5.74) is 0.938. The summed E-state index contributed by atoms with van der Waals surface area (Å²) in [6, 6.07) is 2.06. The predicted octanol–water partition coefficient (Wildman–Crippen LogP) is 2.21. The van der Waals surface area contributed by atoms with Crippen molar-refractivity contribution in [3.63, 3.8) is 0 Å². The second-order valence-corrected chi connectivity index (χ2v) is 8.28. The average molecular weight is 401 g/mol. The van der Waals surface area contributed by atoms with Gasteiger partial charge in [-0.3, -0.25) is 14.3 Å². The zero-order chi connectivity index (χ0) is 19.3. The number of carbonyl (C=O) groups excluding carboxylic acids is 1. The molecule has 2 fully saturated rings. The summed E-state index contributed by atoms with van der Waals surface area (Å²) < 4.78 is 21.2. The normalized spacial score (nSPS) is 25.1. The highest BCUT2D eigenvalue weighted by molar-refractivity contribution is 7.12. The van der Waals surface area contributed by atoms with Crippen LogP contribution in [-0.4, -0.2) is 63.7 Å². The topological polar surface area (TPSA) is 72.3 Å². The molecule has 3 aromatic heterocycles. The second kappa shape index (κ2) is 6.91. The third-order valence-corrected chi connectivity index (χ3v) is 6.47. The number of rotatable bonds is 3. The van der Waals surface area contributed by atoms with E-state index in [1.54, 1.807) is 17.0 Å². The Morgan fingerprint density at radius 2 is 2.11 bits per heavy atom. The number of ether oxygens (including phenoxy) is 1. The Morgan fingerprint density at radius 1 is 1.32 bits per heavy atom. The number of hydrogen-bond acceptors (Lipinski definition) is 6. The molecule has 0 spiro atoms. The number of fused-ring (bicyclic) bond motifs is 3. The number of halogens is 1. The molecule has 9 heteroatoms. The molecule has 28 heavy (non-hydrogen) atoms. The molecular formula is C19H20FN5O2S. The summed E-state index contributed by atoms with van der Waals surface area (Å²) in [5, 5.41) is 6.18. The minimum Gasteiger partial charge on any atom is -0.378 e. The van der Waals surface area contributed by atoms with Crippen LogP contribution < -0.4 is 5.32 Å². The van der Waals surface area contributed by atoms with Crippen LogP contribution in [0.1, 0.15) is 23.2 Å². The summed E-state index contributed by atoms with van der Waals surface area (Å²) in [4.78, 5) is 23.9. The summed E-state index contributed by atoms with van der Waals surface area (Å²) in [6.07, 6.45) is 6.23. The molecule has 0 aliphatic carbocycles. The molecule has 3 aromatic rings. The second-order valence-electron chi connectivity index (χ2n) is 7.40. The molecule has 5 rings (SSSR count). The first-order chi connectivity index (χ1) is 13.6. The summed E-state index contributed by atoms with van der Waals surface area (Å²) in [6.45, 7) is 1.38. The van der Waals surface area contributed by atoms with Crippen molar-refractivity contribution in [1.82, 2.24) is 24.8 Å². The van der Waals surface area contributed by atoms with Gasteiger partial charge in [-0.15, -0.1) is 11.3 Å². The Morgan fingerprint density at radius 3 is 2.82 bits per heavy atom. The van der Waals surface area contributed by atoms with Crippen LogP contribution in [0.15, 0.2) is 30.0 Å². The van der Waals surface area contributed by atoms with Crippen molar-refractivity contribution in [2.75, 3.05) is 20.3 Å². The van der Waals surface area contributed by atoms with E-state index in [9.17, 15) is 9.18 Å². The number of thiazole rings is 1. The van der Waals surface area contributed by atoms with E-state index < -0.39 is 5.82 Å². The molecule has 0 saturated carbocycles. The fraction of sp³-hybridized carbons (Fsp3) is 0.421. The molecule has 146 valence electrons. The van der Waals surface area contributed by atoms with E-state index in [0.29, 0.717) is 47.0 Å². The highest BCUT2D eigenvalue weighted by Gasteiger charge is 2.37. The van der Waals surface area contributed by atoms with Crippen molar-refractivity contribution in [2.24, 2.45) is 0 Å². The molecule has 2 bridgehead atoms. The molecule has 2 aliphatic rings. The summed E-state index contributed by atoms with van der Waals surface area (Å²) in [7, 11) is 2.12. The first-order valence-corrected chi connectivity index (χ1v) is 10.1.